The van der Waals surface area contributed by atoms with Gasteiger partial charge in [0.1, 0.15) is 0 Å². The first-order valence-corrected chi connectivity index (χ1v) is 5.21. The summed E-state index contributed by atoms with van der Waals surface area (Å²) in [5.41, 5.74) is 0. The molecule has 0 spiro atoms. The summed E-state index contributed by atoms with van der Waals surface area (Å²) in [7, 11) is 0. The fraction of sp³-hybridized carbons (Fsp3) is 0.909. The van der Waals surface area contributed by atoms with Crippen molar-refractivity contribution in [2.24, 2.45) is 0 Å². The van der Waals surface area contributed by atoms with E-state index < -0.39 is 0 Å². The first-order valence-electron chi connectivity index (χ1n) is 5.21. The lowest BCUT2D eigenvalue weighted by atomic mass is 10.2. The third-order valence-corrected chi connectivity index (χ3v) is 1.36. The van der Waals surface area contributed by atoms with Gasteiger partial charge in [0.15, 0.2) is 0 Å². The van der Waals surface area contributed by atoms with Gasteiger partial charge in [0.25, 0.3) is 0 Å². The van der Waals surface area contributed by atoms with Gasteiger partial charge in [-0.15, -0.1) is 0 Å². The Labute approximate surface area is 82.7 Å². The van der Waals surface area contributed by atoms with Crippen LogP contribution in [0, 0.1) is 0 Å². The van der Waals surface area contributed by atoms with Gasteiger partial charge in [-0.3, -0.25) is 4.79 Å². The number of hydrogen-bond acceptors (Lipinski definition) is 2. The van der Waals surface area contributed by atoms with E-state index in [2.05, 4.69) is 18.6 Å². The van der Waals surface area contributed by atoms with E-state index in [0.29, 0.717) is 0 Å². The van der Waals surface area contributed by atoms with Gasteiger partial charge >= 0.3 is 5.97 Å². The quantitative estimate of drug-likeness (QED) is 0.498. The van der Waals surface area contributed by atoms with E-state index in [1.54, 1.807) is 0 Å². The van der Waals surface area contributed by atoms with Crippen LogP contribution in [0.5, 0.6) is 0 Å². The highest BCUT2D eigenvalue weighted by molar-refractivity contribution is 5.66. The summed E-state index contributed by atoms with van der Waals surface area (Å²) in [6, 6.07) is 0. The molecule has 0 rings (SSSR count). The highest BCUT2D eigenvalue weighted by Gasteiger charge is 1.93. The molecule has 0 saturated heterocycles. The Morgan fingerprint density at radius 2 is 1.54 bits per heavy atom. The predicted octanol–water partition coefficient (Wildman–Crippen LogP) is 3.54. The molecule has 0 unspecified atom stereocenters. The highest BCUT2D eigenvalue weighted by atomic mass is 16.5. The molecule has 0 aliphatic rings. The van der Waals surface area contributed by atoms with Crippen LogP contribution < -0.4 is 0 Å². The Morgan fingerprint density at radius 3 is 1.62 bits per heavy atom. The SMILES string of the molecule is CC(=O)OC(C)C.CCCCCC. The van der Waals surface area contributed by atoms with Crippen molar-refractivity contribution in [2.45, 2.75) is 66.4 Å². The topological polar surface area (TPSA) is 26.3 Å². The first kappa shape index (κ1) is 15.0. The zero-order chi connectivity index (χ0) is 10.7. The van der Waals surface area contributed by atoms with E-state index in [1.165, 1.54) is 32.6 Å². The van der Waals surface area contributed by atoms with Gasteiger partial charge < -0.3 is 4.74 Å². The average Bonchev–Trinajstić information content (AvgIpc) is 1.99. The lowest BCUT2D eigenvalue weighted by Gasteiger charge is -2.01. The molecule has 0 saturated carbocycles. The Kier molecular flexibility index (Phi) is 13.2. The van der Waals surface area contributed by atoms with Crippen LogP contribution in [0.2, 0.25) is 0 Å². The van der Waals surface area contributed by atoms with Crippen molar-refractivity contribution >= 4 is 5.97 Å². The second-order valence-electron chi connectivity index (χ2n) is 3.37. The maximum atomic E-state index is 10.0. The molecular weight excluding hydrogens is 164 g/mol. The summed E-state index contributed by atoms with van der Waals surface area (Å²) in [5, 5.41) is 0. The summed E-state index contributed by atoms with van der Waals surface area (Å²) >= 11 is 0. The fourth-order valence-corrected chi connectivity index (χ4v) is 0.832. The van der Waals surface area contributed by atoms with Gasteiger partial charge in [-0.2, -0.15) is 0 Å². The molecule has 0 aliphatic carbocycles. The van der Waals surface area contributed by atoms with Crippen LogP contribution in [0.4, 0.5) is 0 Å². The van der Waals surface area contributed by atoms with Crippen molar-refractivity contribution < 1.29 is 9.53 Å². The minimum absolute atomic E-state index is 0.0255. The second-order valence-corrected chi connectivity index (χ2v) is 3.37. The molecule has 0 amide bonds. The van der Waals surface area contributed by atoms with Gasteiger partial charge in [0.2, 0.25) is 0 Å². The molecule has 2 nitrogen and oxygen atoms in total. The van der Waals surface area contributed by atoms with E-state index >= 15 is 0 Å². The molecule has 13 heavy (non-hydrogen) atoms. The molecule has 0 fully saturated rings. The summed E-state index contributed by atoms with van der Waals surface area (Å²) in [6.07, 6.45) is 5.56. The molecule has 0 aliphatic heterocycles. The maximum absolute atomic E-state index is 10.0. The van der Waals surface area contributed by atoms with Crippen molar-refractivity contribution in [2.75, 3.05) is 0 Å². The van der Waals surface area contributed by atoms with E-state index in [0.717, 1.165) is 0 Å². The number of ether oxygens (including phenoxy) is 1. The van der Waals surface area contributed by atoms with Crippen LogP contribution in [0.15, 0.2) is 0 Å². The van der Waals surface area contributed by atoms with Gasteiger partial charge in [0, 0.05) is 6.92 Å². The molecule has 0 atom stereocenters. The van der Waals surface area contributed by atoms with Crippen LogP contribution >= 0.6 is 0 Å². The molecular formula is C11H24O2. The largest absolute Gasteiger partial charge is 0.463 e. The molecule has 0 radical (unpaired) electrons. The maximum Gasteiger partial charge on any atom is 0.302 e. The summed E-state index contributed by atoms with van der Waals surface area (Å²) < 4.78 is 4.61. The molecule has 0 aromatic rings. The predicted molar refractivity (Wildman–Crippen MR) is 56.7 cm³/mol. The molecule has 0 bridgehead atoms. The van der Waals surface area contributed by atoms with Gasteiger partial charge in [-0.25, -0.2) is 0 Å². The lowest BCUT2D eigenvalue weighted by Crippen LogP contribution is -2.06. The third kappa shape index (κ3) is 24.6. The third-order valence-electron chi connectivity index (χ3n) is 1.36. The van der Waals surface area contributed by atoms with Crippen LogP contribution in [0.1, 0.15) is 60.3 Å². The zero-order valence-electron chi connectivity index (χ0n) is 9.72. The van der Waals surface area contributed by atoms with Crippen molar-refractivity contribution in [3.63, 3.8) is 0 Å². The Hall–Kier alpha value is -0.530. The van der Waals surface area contributed by atoms with E-state index in [-0.39, 0.29) is 12.1 Å². The number of unbranched alkanes of at least 4 members (excludes halogenated alkanes) is 3. The Morgan fingerprint density at radius 1 is 1.15 bits per heavy atom. The average molecular weight is 188 g/mol. The molecule has 0 aromatic heterocycles. The normalized spacial score (nSPS) is 9.08. The second kappa shape index (κ2) is 11.5. The molecule has 80 valence electrons. The zero-order valence-corrected chi connectivity index (χ0v) is 9.72. The van der Waals surface area contributed by atoms with Crippen molar-refractivity contribution in [3.05, 3.63) is 0 Å². The minimum atomic E-state index is -0.213. The number of esters is 1. The van der Waals surface area contributed by atoms with Crippen molar-refractivity contribution in [1.82, 2.24) is 0 Å². The molecule has 0 N–H and O–H groups in total. The minimum Gasteiger partial charge on any atom is -0.463 e. The van der Waals surface area contributed by atoms with Crippen molar-refractivity contribution in [3.8, 4) is 0 Å². The van der Waals surface area contributed by atoms with E-state index in [9.17, 15) is 4.79 Å². The molecule has 0 heterocycles. The van der Waals surface area contributed by atoms with Crippen molar-refractivity contribution in [1.29, 1.82) is 0 Å². The van der Waals surface area contributed by atoms with E-state index in [4.69, 9.17) is 0 Å². The smallest absolute Gasteiger partial charge is 0.302 e. The first-order chi connectivity index (χ1) is 6.04. The number of rotatable bonds is 4. The standard InChI is InChI=1S/C6H14.C5H10O2/c1-3-5-6-4-2;1-4(2)7-5(3)6/h3-6H2,1-2H3;4H,1-3H3. The summed E-state index contributed by atoms with van der Waals surface area (Å²) in [6.45, 7) is 9.51. The summed E-state index contributed by atoms with van der Waals surface area (Å²) in [5.74, 6) is -0.213. The lowest BCUT2D eigenvalue weighted by molar-refractivity contribution is -0.144. The number of carbonyl (C=O) groups is 1. The monoisotopic (exact) mass is 188 g/mol. The van der Waals surface area contributed by atoms with Crippen LogP contribution in [-0.2, 0) is 9.53 Å². The van der Waals surface area contributed by atoms with E-state index in [1.807, 2.05) is 13.8 Å². The fourth-order valence-electron chi connectivity index (χ4n) is 0.832. The molecule has 2 heteroatoms. The van der Waals surface area contributed by atoms with Crippen LogP contribution in [-0.4, -0.2) is 12.1 Å². The number of carbonyl (C=O) groups excluding carboxylic acids is 1. The van der Waals surface area contributed by atoms with Gasteiger partial charge in [-0.05, 0) is 13.8 Å². The van der Waals surface area contributed by atoms with Gasteiger partial charge in [0.05, 0.1) is 6.10 Å². The highest BCUT2D eigenvalue weighted by Crippen LogP contribution is 1.95. The molecule has 0 aromatic carbocycles. The van der Waals surface area contributed by atoms with Crippen LogP contribution in [0.3, 0.4) is 0 Å². The van der Waals surface area contributed by atoms with Crippen LogP contribution in [0.25, 0.3) is 0 Å². The Balaban J connectivity index is 0. The van der Waals surface area contributed by atoms with Gasteiger partial charge in [-0.1, -0.05) is 39.5 Å². The Bertz CT molecular complexity index is 105. The summed E-state index contributed by atoms with van der Waals surface area (Å²) in [4.78, 5) is 10.0. The number of hydrogen-bond donors (Lipinski definition) is 0.